The van der Waals surface area contributed by atoms with Crippen molar-refractivity contribution < 1.29 is 18.0 Å². The van der Waals surface area contributed by atoms with E-state index in [9.17, 15) is 18.0 Å². The van der Waals surface area contributed by atoms with Gasteiger partial charge in [-0.15, -0.1) is 11.3 Å². The molecule has 3 rings (SSSR count). The molecular formula is C20H24ClN3O4S2. The van der Waals surface area contributed by atoms with Crippen LogP contribution in [0.4, 0.5) is 5.69 Å². The smallest absolute Gasteiger partial charge is 0.243 e. The number of nitrogens with one attached hydrogen (secondary N) is 1. The molecule has 1 fully saturated rings. The Morgan fingerprint density at radius 2 is 1.87 bits per heavy atom. The number of hydrogen-bond acceptors (Lipinski definition) is 5. The van der Waals surface area contributed by atoms with Crippen molar-refractivity contribution in [2.45, 2.75) is 31.7 Å². The fourth-order valence-electron chi connectivity index (χ4n) is 3.41. The van der Waals surface area contributed by atoms with Gasteiger partial charge in [0.15, 0.2) is 0 Å². The van der Waals surface area contributed by atoms with Gasteiger partial charge in [-0.1, -0.05) is 25.4 Å². The quantitative estimate of drug-likeness (QED) is 0.643. The summed E-state index contributed by atoms with van der Waals surface area (Å²) in [7, 11) is -3.55. The monoisotopic (exact) mass is 469 g/mol. The molecule has 1 aliphatic heterocycles. The van der Waals surface area contributed by atoms with Gasteiger partial charge in [-0.25, -0.2) is 8.42 Å². The molecule has 1 aromatic heterocycles. The van der Waals surface area contributed by atoms with Crippen LogP contribution in [0.3, 0.4) is 0 Å². The molecule has 0 saturated carbocycles. The zero-order chi connectivity index (χ0) is 21.9. The summed E-state index contributed by atoms with van der Waals surface area (Å²) in [6.45, 7) is 4.99. The van der Waals surface area contributed by atoms with Crippen molar-refractivity contribution in [1.29, 1.82) is 0 Å². The van der Waals surface area contributed by atoms with Gasteiger partial charge in [0.25, 0.3) is 0 Å². The second-order valence-electron chi connectivity index (χ2n) is 6.91. The van der Waals surface area contributed by atoms with E-state index in [0.717, 1.165) is 4.88 Å². The molecule has 30 heavy (non-hydrogen) atoms. The predicted octanol–water partition coefficient (Wildman–Crippen LogP) is 3.10. The van der Waals surface area contributed by atoms with E-state index in [1.54, 1.807) is 32.0 Å². The van der Waals surface area contributed by atoms with Crippen LogP contribution < -0.4 is 10.2 Å². The Balaban J connectivity index is 1.65. The van der Waals surface area contributed by atoms with Crippen LogP contribution in [-0.4, -0.2) is 44.2 Å². The minimum atomic E-state index is -3.55. The lowest BCUT2D eigenvalue weighted by Crippen LogP contribution is -2.32. The number of hydrogen-bond donors (Lipinski definition) is 1. The van der Waals surface area contributed by atoms with Gasteiger partial charge in [-0.2, -0.15) is 4.31 Å². The zero-order valence-electron chi connectivity index (χ0n) is 16.8. The second-order valence-corrected chi connectivity index (χ2v) is 10.6. The summed E-state index contributed by atoms with van der Waals surface area (Å²) in [5, 5.41) is 2.85. The van der Waals surface area contributed by atoms with E-state index < -0.39 is 15.9 Å². The number of benzene rings is 1. The first kappa shape index (κ1) is 22.7. The molecule has 1 saturated heterocycles. The fraction of sp³-hybridized carbons (Fsp3) is 0.400. The van der Waals surface area contributed by atoms with E-state index in [0.29, 0.717) is 29.7 Å². The topological polar surface area (TPSA) is 86.8 Å². The van der Waals surface area contributed by atoms with Gasteiger partial charge < -0.3 is 10.2 Å². The van der Waals surface area contributed by atoms with E-state index in [1.807, 2.05) is 6.07 Å². The van der Waals surface area contributed by atoms with E-state index in [4.69, 9.17) is 11.6 Å². The molecule has 10 heteroatoms. The third-order valence-corrected chi connectivity index (χ3v) is 8.35. The standard InChI is InChI=1S/C20H24ClN3O4S2/c1-3-23(4-2)30(27,28)17-8-5-15(6-9-17)24-13-14(11-19(24)25)20(26)22-12-16-7-10-18(21)29-16/h5-10,14H,3-4,11-13H2,1-2H3,(H,22,26). The molecule has 0 spiro atoms. The first-order valence-electron chi connectivity index (χ1n) is 9.68. The molecule has 2 heterocycles. The van der Waals surface area contributed by atoms with Crippen LogP contribution in [0.25, 0.3) is 0 Å². The van der Waals surface area contributed by atoms with Crippen molar-refractivity contribution in [3.05, 3.63) is 45.6 Å². The lowest BCUT2D eigenvalue weighted by molar-refractivity contribution is -0.126. The van der Waals surface area contributed by atoms with E-state index in [-0.39, 0.29) is 29.7 Å². The number of nitrogens with zero attached hydrogens (tertiary/aromatic N) is 2. The molecule has 1 unspecified atom stereocenters. The average Bonchev–Trinajstić information content (AvgIpc) is 3.32. The van der Waals surface area contributed by atoms with Crippen LogP contribution in [0.5, 0.6) is 0 Å². The third-order valence-electron chi connectivity index (χ3n) is 5.05. The molecule has 1 N–H and O–H groups in total. The Bertz CT molecular complexity index is 1020. The van der Waals surface area contributed by atoms with E-state index >= 15 is 0 Å². The molecule has 162 valence electrons. The molecule has 0 aliphatic carbocycles. The van der Waals surface area contributed by atoms with E-state index in [2.05, 4.69) is 5.32 Å². The number of halogens is 1. The van der Waals surface area contributed by atoms with Gasteiger partial charge in [0.05, 0.1) is 21.7 Å². The van der Waals surface area contributed by atoms with E-state index in [1.165, 1.54) is 32.7 Å². The van der Waals surface area contributed by atoms with Crippen LogP contribution in [-0.2, 0) is 26.2 Å². The lowest BCUT2D eigenvalue weighted by atomic mass is 10.1. The molecule has 7 nitrogen and oxygen atoms in total. The lowest BCUT2D eigenvalue weighted by Gasteiger charge is -2.20. The average molecular weight is 470 g/mol. The fourth-order valence-corrected chi connectivity index (χ4v) is 5.89. The Morgan fingerprint density at radius 3 is 2.43 bits per heavy atom. The minimum Gasteiger partial charge on any atom is -0.351 e. The van der Waals surface area contributed by atoms with Gasteiger partial charge in [0.1, 0.15) is 0 Å². The molecular weight excluding hydrogens is 446 g/mol. The molecule has 0 bridgehead atoms. The minimum absolute atomic E-state index is 0.122. The van der Waals surface area contributed by atoms with Gasteiger partial charge in [0, 0.05) is 36.6 Å². The van der Waals surface area contributed by atoms with Crippen molar-refractivity contribution in [2.75, 3.05) is 24.5 Å². The number of amides is 2. The highest BCUT2D eigenvalue weighted by Gasteiger charge is 2.35. The van der Waals surface area contributed by atoms with Crippen molar-refractivity contribution in [3.63, 3.8) is 0 Å². The summed E-state index contributed by atoms with van der Waals surface area (Å²) >= 11 is 7.30. The SMILES string of the molecule is CCN(CC)S(=O)(=O)c1ccc(N2CC(C(=O)NCc3ccc(Cl)s3)CC2=O)cc1. The van der Waals surface area contributed by atoms with Crippen LogP contribution in [0.1, 0.15) is 25.1 Å². The molecule has 0 radical (unpaired) electrons. The van der Waals surface area contributed by atoms with Crippen molar-refractivity contribution in [3.8, 4) is 0 Å². The Morgan fingerprint density at radius 1 is 1.20 bits per heavy atom. The molecule has 1 aromatic carbocycles. The highest BCUT2D eigenvalue weighted by Crippen LogP contribution is 2.27. The molecule has 2 aromatic rings. The highest BCUT2D eigenvalue weighted by molar-refractivity contribution is 7.89. The molecule has 2 amide bonds. The van der Waals surface area contributed by atoms with Gasteiger partial charge in [-0.05, 0) is 36.4 Å². The molecule has 1 atom stereocenters. The zero-order valence-corrected chi connectivity index (χ0v) is 19.2. The summed E-state index contributed by atoms with van der Waals surface area (Å²) < 4.78 is 27.3. The largest absolute Gasteiger partial charge is 0.351 e. The Labute approximate surface area is 185 Å². The normalized spacial score (nSPS) is 17.0. The number of anilines is 1. The van der Waals surface area contributed by atoms with Gasteiger partial charge in [-0.3, -0.25) is 9.59 Å². The second kappa shape index (κ2) is 9.47. The van der Waals surface area contributed by atoms with Crippen LogP contribution >= 0.6 is 22.9 Å². The number of carbonyl (C=O) groups excluding carboxylic acids is 2. The summed E-state index contributed by atoms with van der Waals surface area (Å²) in [5.41, 5.74) is 0.582. The third kappa shape index (κ3) is 4.85. The summed E-state index contributed by atoms with van der Waals surface area (Å²) in [6, 6.07) is 9.87. The summed E-state index contributed by atoms with van der Waals surface area (Å²) in [6.07, 6.45) is 0.122. The predicted molar refractivity (Wildman–Crippen MR) is 118 cm³/mol. The first-order valence-corrected chi connectivity index (χ1v) is 12.3. The summed E-state index contributed by atoms with van der Waals surface area (Å²) in [4.78, 5) is 27.6. The number of sulfonamides is 1. The first-order chi connectivity index (χ1) is 14.3. The number of rotatable bonds is 8. The Kier molecular flexibility index (Phi) is 7.18. The van der Waals surface area contributed by atoms with Crippen LogP contribution in [0, 0.1) is 5.92 Å². The van der Waals surface area contributed by atoms with Gasteiger partial charge >= 0.3 is 0 Å². The van der Waals surface area contributed by atoms with Crippen molar-refractivity contribution in [2.24, 2.45) is 5.92 Å². The maximum atomic E-state index is 12.6. The number of carbonyl (C=O) groups is 2. The maximum Gasteiger partial charge on any atom is 0.243 e. The van der Waals surface area contributed by atoms with Crippen molar-refractivity contribution >= 4 is 50.5 Å². The van der Waals surface area contributed by atoms with Gasteiger partial charge in [0.2, 0.25) is 21.8 Å². The summed E-state index contributed by atoms with van der Waals surface area (Å²) in [5.74, 6) is -0.795. The van der Waals surface area contributed by atoms with Crippen LogP contribution in [0.2, 0.25) is 4.34 Å². The van der Waals surface area contributed by atoms with Crippen LogP contribution in [0.15, 0.2) is 41.3 Å². The highest BCUT2D eigenvalue weighted by atomic mass is 35.5. The molecule has 1 aliphatic rings. The Hall–Kier alpha value is -1.94. The van der Waals surface area contributed by atoms with Crippen molar-refractivity contribution in [1.82, 2.24) is 9.62 Å². The maximum absolute atomic E-state index is 12.6. The number of thiophene rings is 1.